The van der Waals surface area contributed by atoms with Crippen molar-refractivity contribution in [3.63, 3.8) is 0 Å². The van der Waals surface area contributed by atoms with Gasteiger partial charge in [0.05, 0.1) is 18.4 Å². The fraction of sp³-hybridized carbons (Fsp3) is 0.438. The van der Waals surface area contributed by atoms with E-state index in [4.69, 9.17) is 18.9 Å². The van der Waals surface area contributed by atoms with Crippen LogP contribution in [-0.2, 0) is 18.9 Å². The first-order chi connectivity index (χ1) is 10.1. The van der Waals surface area contributed by atoms with Crippen molar-refractivity contribution in [1.82, 2.24) is 0 Å². The van der Waals surface area contributed by atoms with Crippen molar-refractivity contribution >= 4 is 5.97 Å². The summed E-state index contributed by atoms with van der Waals surface area (Å²) < 4.78 is 22.4. The zero-order valence-corrected chi connectivity index (χ0v) is 12.0. The van der Waals surface area contributed by atoms with Crippen LogP contribution < -0.4 is 0 Å². The highest BCUT2D eigenvalue weighted by Gasteiger charge is 2.44. The van der Waals surface area contributed by atoms with Crippen molar-refractivity contribution in [2.75, 3.05) is 6.61 Å². The maximum Gasteiger partial charge on any atom is 0.338 e. The Morgan fingerprint density at radius 2 is 2.05 bits per heavy atom. The number of ether oxygens (including phenoxy) is 4. The van der Waals surface area contributed by atoms with Gasteiger partial charge in [0, 0.05) is 0 Å². The lowest BCUT2D eigenvalue weighted by molar-refractivity contribution is -0.318. The summed E-state index contributed by atoms with van der Waals surface area (Å²) in [7, 11) is 0. The predicted molar refractivity (Wildman–Crippen MR) is 74.6 cm³/mol. The van der Waals surface area contributed by atoms with E-state index in [9.17, 15) is 4.79 Å². The first-order valence-electron chi connectivity index (χ1n) is 6.95. The Balaban J connectivity index is 1.73. The SMILES string of the molecule is CC1(C)OC[C@H]2OC=C[C@H](OC(=O)c3ccccc3)[C@@H]2O1. The Bertz CT molecular complexity index is 537. The third-order valence-corrected chi connectivity index (χ3v) is 3.48. The van der Waals surface area contributed by atoms with Gasteiger partial charge in [-0.3, -0.25) is 0 Å². The van der Waals surface area contributed by atoms with Crippen molar-refractivity contribution in [3.8, 4) is 0 Å². The number of fused-ring (bicyclic) bond motifs is 1. The van der Waals surface area contributed by atoms with Crippen molar-refractivity contribution in [3.05, 3.63) is 48.2 Å². The number of rotatable bonds is 2. The van der Waals surface area contributed by atoms with Gasteiger partial charge in [-0.1, -0.05) is 18.2 Å². The molecule has 21 heavy (non-hydrogen) atoms. The molecule has 0 bridgehead atoms. The lowest BCUT2D eigenvalue weighted by Crippen LogP contribution is -2.55. The Morgan fingerprint density at radius 1 is 1.29 bits per heavy atom. The van der Waals surface area contributed by atoms with Gasteiger partial charge in [-0.25, -0.2) is 4.79 Å². The smallest absolute Gasteiger partial charge is 0.338 e. The molecule has 1 aromatic rings. The molecule has 0 unspecified atom stereocenters. The second-order valence-corrected chi connectivity index (χ2v) is 5.53. The minimum atomic E-state index is -0.715. The maximum atomic E-state index is 12.2. The van der Waals surface area contributed by atoms with Crippen LogP contribution in [0.15, 0.2) is 42.7 Å². The zero-order valence-electron chi connectivity index (χ0n) is 12.0. The second kappa shape index (κ2) is 5.50. The number of carbonyl (C=O) groups excluding carboxylic acids is 1. The minimum absolute atomic E-state index is 0.267. The van der Waals surface area contributed by atoms with E-state index in [1.54, 1.807) is 30.3 Å². The van der Waals surface area contributed by atoms with Gasteiger partial charge < -0.3 is 18.9 Å². The van der Waals surface area contributed by atoms with Crippen molar-refractivity contribution in [2.45, 2.75) is 37.9 Å². The quantitative estimate of drug-likeness (QED) is 0.782. The number of benzene rings is 1. The molecule has 1 aromatic carbocycles. The summed E-state index contributed by atoms with van der Waals surface area (Å²) in [6.07, 6.45) is 2.11. The van der Waals surface area contributed by atoms with Gasteiger partial charge in [0.15, 0.2) is 18.0 Å². The number of hydrogen-bond donors (Lipinski definition) is 0. The first kappa shape index (κ1) is 14.1. The van der Waals surface area contributed by atoms with E-state index in [1.165, 1.54) is 6.26 Å². The van der Waals surface area contributed by atoms with E-state index in [-0.39, 0.29) is 18.2 Å². The van der Waals surface area contributed by atoms with Gasteiger partial charge in [0.2, 0.25) is 0 Å². The third kappa shape index (κ3) is 3.09. The standard InChI is InChI=1S/C16H18O5/c1-16(2)19-10-13-14(21-16)12(8-9-18-13)20-15(17)11-6-4-3-5-7-11/h3-9,12-14H,10H2,1-2H3/t12-,13+,14-/m0/s1. The first-order valence-corrected chi connectivity index (χ1v) is 6.95. The molecule has 1 saturated heterocycles. The largest absolute Gasteiger partial charge is 0.493 e. The molecule has 0 radical (unpaired) electrons. The average Bonchev–Trinajstić information content (AvgIpc) is 2.48. The van der Waals surface area contributed by atoms with Crippen LogP contribution in [0, 0.1) is 0 Å². The fourth-order valence-electron chi connectivity index (χ4n) is 2.42. The molecule has 1 fully saturated rings. The minimum Gasteiger partial charge on any atom is -0.493 e. The lowest BCUT2D eigenvalue weighted by atomic mass is 10.0. The van der Waals surface area contributed by atoms with E-state index >= 15 is 0 Å². The fourth-order valence-corrected chi connectivity index (χ4v) is 2.42. The summed E-state index contributed by atoms with van der Waals surface area (Å²) >= 11 is 0. The molecule has 2 aliphatic rings. The van der Waals surface area contributed by atoms with Crippen LogP contribution >= 0.6 is 0 Å². The molecule has 0 spiro atoms. The molecule has 0 aliphatic carbocycles. The third-order valence-electron chi connectivity index (χ3n) is 3.48. The number of hydrogen-bond acceptors (Lipinski definition) is 5. The van der Waals surface area contributed by atoms with Crippen LogP contribution in [0.4, 0.5) is 0 Å². The van der Waals surface area contributed by atoms with Gasteiger partial charge >= 0.3 is 5.97 Å². The van der Waals surface area contributed by atoms with E-state index in [1.807, 2.05) is 19.9 Å². The molecular formula is C16H18O5. The summed E-state index contributed by atoms with van der Waals surface area (Å²) in [5.41, 5.74) is 0.514. The lowest BCUT2D eigenvalue weighted by Gasteiger charge is -2.43. The summed E-state index contributed by atoms with van der Waals surface area (Å²) in [4.78, 5) is 12.2. The molecule has 0 aromatic heterocycles. The topological polar surface area (TPSA) is 54.0 Å². The van der Waals surface area contributed by atoms with Crippen LogP contribution in [0.3, 0.4) is 0 Å². The average molecular weight is 290 g/mol. The highest BCUT2D eigenvalue weighted by atomic mass is 16.7. The van der Waals surface area contributed by atoms with E-state index in [0.29, 0.717) is 12.2 Å². The van der Waals surface area contributed by atoms with E-state index < -0.39 is 11.9 Å². The van der Waals surface area contributed by atoms with Crippen molar-refractivity contribution in [1.29, 1.82) is 0 Å². The van der Waals surface area contributed by atoms with Crippen molar-refractivity contribution in [2.24, 2.45) is 0 Å². The van der Waals surface area contributed by atoms with Crippen LogP contribution in [-0.4, -0.2) is 36.7 Å². The Morgan fingerprint density at radius 3 is 2.81 bits per heavy atom. The Labute approximate surface area is 123 Å². The molecular weight excluding hydrogens is 272 g/mol. The van der Waals surface area contributed by atoms with Gasteiger partial charge in [0.25, 0.3) is 0 Å². The normalized spacial score (nSPS) is 30.1. The molecule has 5 nitrogen and oxygen atoms in total. The summed E-state index contributed by atoms with van der Waals surface area (Å²) in [5, 5.41) is 0. The van der Waals surface area contributed by atoms with Crippen LogP contribution in [0.2, 0.25) is 0 Å². The highest BCUT2D eigenvalue weighted by molar-refractivity contribution is 5.89. The van der Waals surface area contributed by atoms with Gasteiger partial charge in [-0.15, -0.1) is 0 Å². The van der Waals surface area contributed by atoms with Gasteiger partial charge in [-0.2, -0.15) is 0 Å². The monoisotopic (exact) mass is 290 g/mol. The van der Waals surface area contributed by atoms with Gasteiger partial charge in [-0.05, 0) is 32.1 Å². The molecule has 2 heterocycles. The summed E-state index contributed by atoms with van der Waals surface area (Å²) in [6, 6.07) is 8.89. The molecule has 0 amide bonds. The van der Waals surface area contributed by atoms with Crippen LogP contribution in [0.1, 0.15) is 24.2 Å². The molecule has 112 valence electrons. The molecule has 0 saturated carbocycles. The maximum absolute atomic E-state index is 12.2. The zero-order chi connectivity index (χ0) is 14.9. The summed E-state index contributed by atoms with van der Waals surface area (Å²) in [5.74, 6) is -1.09. The van der Waals surface area contributed by atoms with Crippen LogP contribution in [0.5, 0.6) is 0 Å². The van der Waals surface area contributed by atoms with E-state index in [0.717, 1.165) is 0 Å². The van der Waals surface area contributed by atoms with Crippen LogP contribution in [0.25, 0.3) is 0 Å². The number of esters is 1. The molecule has 5 heteroatoms. The predicted octanol–water partition coefficient (Wildman–Crippen LogP) is 2.28. The Kier molecular flexibility index (Phi) is 3.69. The second-order valence-electron chi connectivity index (χ2n) is 5.53. The number of carbonyl (C=O) groups is 1. The molecule has 3 rings (SSSR count). The van der Waals surface area contributed by atoms with Gasteiger partial charge in [0.1, 0.15) is 6.10 Å². The molecule has 3 atom stereocenters. The summed E-state index contributed by atoms with van der Waals surface area (Å²) in [6.45, 7) is 4.07. The molecule has 2 aliphatic heterocycles. The van der Waals surface area contributed by atoms with E-state index in [2.05, 4.69) is 0 Å². The van der Waals surface area contributed by atoms with Crippen molar-refractivity contribution < 1.29 is 23.7 Å². The molecule has 0 N–H and O–H groups in total. The highest BCUT2D eigenvalue weighted by Crippen LogP contribution is 2.30. The Hall–Kier alpha value is -1.85.